The van der Waals surface area contributed by atoms with Gasteiger partial charge in [0.05, 0.1) is 5.25 Å². The summed E-state index contributed by atoms with van der Waals surface area (Å²) in [5.41, 5.74) is 0. The van der Waals surface area contributed by atoms with Crippen molar-refractivity contribution in [2.24, 2.45) is 5.14 Å². The van der Waals surface area contributed by atoms with Crippen molar-refractivity contribution in [3.8, 4) is 0 Å². The molecule has 76 valence electrons. The van der Waals surface area contributed by atoms with Crippen LogP contribution in [0.15, 0.2) is 0 Å². The van der Waals surface area contributed by atoms with Gasteiger partial charge in [-0.05, 0) is 12.8 Å². The number of likely N-dealkylation sites (tertiary alicyclic amines) is 1. The molecule has 1 saturated heterocycles. The highest BCUT2D eigenvalue weighted by molar-refractivity contribution is 7.89. The van der Waals surface area contributed by atoms with Gasteiger partial charge in [-0.25, -0.2) is 13.6 Å². The zero-order valence-electron chi connectivity index (χ0n) is 7.56. The normalized spacial score (nSPS) is 24.5. The van der Waals surface area contributed by atoms with E-state index >= 15 is 0 Å². The van der Waals surface area contributed by atoms with E-state index < -0.39 is 15.3 Å². The van der Waals surface area contributed by atoms with Crippen molar-refractivity contribution in [1.82, 2.24) is 4.90 Å². The van der Waals surface area contributed by atoms with Crippen molar-refractivity contribution in [2.45, 2.75) is 25.0 Å². The van der Waals surface area contributed by atoms with Crippen LogP contribution >= 0.6 is 0 Å². The van der Waals surface area contributed by atoms with Gasteiger partial charge in [0.25, 0.3) is 0 Å². The lowest BCUT2D eigenvalue weighted by Gasteiger charge is -2.30. The molecule has 1 atom stereocenters. The fourth-order valence-corrected chi connectivity index (χ4v) is 2.38. The fourth-order valence-electron chi connectivity index (χ4n) is 1.49. The number of piperidine rings is 1. The number of carbonyl (C=O) groups excluding carboxylic acids is 1. The monoisotopic (exact) mass is 206 g/mol. The standard InChI is InChI=1S/C7H14N2O3S/c1-6(10)9-4-2-3-7(5-9)13(8,11)12/h7H,2-5H2,1H3,(H2,8,11,12). The molecular weight excluding hydrogens is 192 g/mol. The first-order chi connectivity index (χ1) is 5.91. The number of nitrogens with two attached hydrogens (primary N) is 1. The molecule has 1 aliphatic heterocycles. The van der Waals surface area contributed by atoms with E-state index in [-0.39, 0.29) is 12.5 Å². The smallest absolute Gasteiger partial charge is 0.219 e. The predicted octanol–water partition coefficient (Wildman–Crippen LogP) is -0.714. The van der Waals surface area contributed by atoms with E-state index in [0.29, 0.717) is 19.4 Å². The average molecular weight is 206 g/mol. The van der Waals surface area contributed by atoms with Crippen LogP contribution in [0, 0.1) is 0 Å². The third kappa shape index (κ3) is 2.67. The second kappa shape index (κ2) is 3.63. The summed E-state index contributed by atoms with van der Waals surface area (Å²) < 4.78 is 22.0. The molecule has 0 aromatic heterocycles. The molecular formula is C7H14N2O3S. The molecule has 1 rings (SSSR count). The molecule has 2 N–H and O–H groups in total. The molecule has 1 fully saturated rings. The van der Waals surface area contributed by atoms with E-state index in [9.17, 15) is 13.2 Å². The maximum Gasteiger partial charge on any atom is 0.219 e. The number of carbonyl (C=O) groups is 1. The van der Waals surface area contributed by atoms with Crippen LogP contribution in [0.3, 0.4) is 0 Å². The molecule has 0 aliphatic carbocycles. The highest BCUT2D eigenvalue weighted by atomic mass is 32.2. The Kier molecular flexibility index (Phi) is 2.92. The zero-order chi connectivity index (χ0) is 10.1. The van der Waals surface area contributed by atoms with Crippen molar-refractivity contribution in [1.29, 1.82) is 0 Å². The molecule has 0 spiro atoms. The van der Waals surface area contributed by atoms with Gasteiger partial charge in [0.15, 0.2) is 0 Å². The third-order valence-corrected chi connectivity index (χ3v) is 3.60. The Hall–Kier alpha value is -0.620. The molecule has 6 heteroatoms. The van der Waals surface area contributed by atoms with Crippen LogP contribution in [-0.4, -0.2) is 37.6 Å². The van der Waals surface area contributed by atoms with E-state index in [4.69, 9.17) is 5.14 Å². The number of rotatable bonds is 1. The maximum absolute atomic E-state index is 11.0. The minimum absolute atomic E-state index is 0.0895. The first-order valence-corrected chi connectivity index (χ1v) is 5.79. The summed E-state index contributed by atoms with van der Waals surface area (Å²) in [6, 6.07) is 0. The Morgan fingerprint density at radius 2 is 2.15 bits per heavy atom. The van der Waals surface area contributed by atoms with E-state index in [1.54, 1.807) is 0 Å². The SMILES string of the molecule is CC(=O)N1CCCC(S(N)(=O)=O)C1. The summed E-state index contributed by atoms with van der Waals surface area (Å²) in [5, 5.41) is 4.43. The van der Waals surface area contributed by atoms with Gasteiger partial charge in [-0.1, -0.05) is 0 Å². The Labute approximate surface area is 77.9 Å². The van der Waals surface area contributed by atoms with Crippen molar-refractivity contribution < 1.29 is 13.2 Å². The molecule has 5 nitrogen and oxygen atoms in total. The molecule has 0 saturated carbocycles. The van der Waals surface area contributed by atoms with Gasteiger partial charge in [-0.2, -0.15) is 0 Å². The molecule has 1 amide bonds. The minimum Gasteiger partial charge on any atom is -0.342 e. The second-order valence-corrected chi connectivity index (χ2v) is 5.16. The largest absolute Gasteiger partial charge is 0.342 e. The van der Waals surface area contributed by atoms with E-state index in [0.717, 1.165) is 0 Å². The summed E-state index contributed by atoms with van der Waals surface area (Å²) >= 11 is 0. The van der Waals surface area contributed by atoms with E-state index in [1.165, 1.54) is 11.8 Å². The van der Waals surface area contributed by atoms with Crippen LogP contribution in [0.5, 0.6) is 0 Å². The summed E-state index contributed by atoms with van der Waals surface area (Å²) in [4.78, 5) is 12.5. The van der Waals surface area contributed by atoms with Crippen LogP contribution in [0.1, 0.15) is 19.8 Å². The number of amides is 1. The van der Waals surface area contributed by atoms with Gasteiger partial charge in [0, 0.05) is 20.0 Å². The molecule has 0 aromatic rings. The van der Waals surface area contributed by atoms with Crippen molar-refractivity contribution in [3.05, 3.63) is 0 Å². The highest BCUT2D eigenvalue weighted by Gasteiger charge is 2.28. The van der Waals surface area contributed by atoms with Crippen LogP contribution < -0.4 is 5.14 Å². The van der Waals surface area contributed by atoms with Crippen LogP contribution in [-0.2, 0) is 14.8 Å². The molecule has 1 unspecified atom stereocenters. The Morgan fingerprint density at radius 1 is 1.54 bits per heavy atom. The molecule has 1 aliphatic rings. The zero-order valence-corrected chi connectivity index (χ0v) is 8.38. The van der Waals surface area contributed by atoms with Crippen LogP contribution in [0.2, 0.25) is 0 Å². The van der Waals surface area contributed by atoms with Gasteiger partial charge in [0.2, 0.25) is 15.9 Å². The topological polar surface area (TPSA) is 80.5 Å². The van der Waals surface area contributed by atoms with Gasteiger partial charge in [-0.3, -0.25) is 4.79 Å². The summed E-state index contributed by atoms with van der Waals surface area (Å²) in [7, 11) is -3.49. The number of hydrogen-bond acceptors (Lipinski definition) is 3. The van der Waals surface area contributed by atoms with Gasteiger partial charge in [0.1, 0.15) is 0 Å². The highest BCUT2D eigenvalue weighted by Crippen LogP contribution is 2.14. The van der Waals surface area contributed by atoms with Crippen LogP contribution in [0.25, 0.3) is 0 Å². The lowest BCUT2D eigenvalue weighted by Crippen LogP contribution is -2.46. The number of hydrogen-bond donors (Lipinski definition) is 1. The quantitative estimate of drug-likeness (QED) is 0.615. The van der Waals surface area contributed by atoms with E-state index in [1.807, 2.05) is 0 Å². The second-order valence-electron chi connectivity index (χ2n) is 3.32. The Bertz CT molecular complexity index is 299. The summed E-state index contributed by atoms with van der Waals surface area (Å²) in [6.07, 6.45) is 1.27. The van der Waals surface area contributed by atoms with Gasteiger partial charge in [-0.15, -0.1) is 0 Å². The molecule has 0 bridgehead atoms. The summed E-state index contributed by atoms with van der Waals surface area (Å²) in [6.45, 7) is 2.32. The first kappa shape index (κ1) is 10.5. The molecule has 13 heavy (non-hydrogen) atoms. The van der Waals surface area contributed by atoms with E-state index in [2.05, 4.69) is 0 Å². The molecule has 1 heterocycles. The van der Waals surface area contributed by atoms with Crippen molar-refractivity contribution in [3.63, 3.8) is 0 Å². The van der Waals surface area contributed by atoms with Crippen molar-refractivity contribution >= 4 is 15.9 Å². The van der Waals surface area contributed by atoms with Gasteiger partial charge < -0.3 is 4.90 Å². The maximum atomic E-state index is 11.0. The number of nitrogens with zero attached hydrogens (tertiary/aromatic N) is 1. The predicted molar refractivity (Wildman–Crippen MR) is 48.4 cm³/mol. The van der Waals surface area contributed by atoms with Gasteiger partial charge >= 0.3 is 0 Å². The van der Waals surface area contributed by atoms with Crippen molar-refractivity contribution in [2.75, 3.05) is 13.1 Å². The first-order valence-electron chi connectivity index (χ1n) is 4.18. The minimum atomic E-state index is -3.49. The Balaban J connectivity index is 2.67. The number of primary sulfonamides is 1. The third-order valence-electron chi connectivity index (χ3n) is 2.29. The lowest BCUT2D eigenvalue weighted by molar-refractivity contribution is -0.129. The summed E-state index contributed by atoms with van der Waals surface area (Å²) in [5.74, 6) is -0.0895. The lowest BCUT2D eigenvalue weighted by atomic mass is 10.1. The Morgan fingerprint density at radius 3 is 2.62 bits per heavy atom. The average Bonchev–Trinajstić information content (AvgIpc) is 2.03. The molecule has 0 aromatic carbocycles. The number of sulfonamides is 1. The van der Waals surface area contributed by atoms with Crippen LogP contribution in [0.4, 0.5) is 0 Å². The molecule has 0 radical (unpaired) electrons. The fraction of sp³-hybridized carbons (Fsp3) is 0.857.